The molecule has 3 rings (SSSR count). The topological polar surface area (TPSA) is 65.1 Å². The van der Waals surface area contributed by atoms with Gasteiger partial charge in [-0.1, -0.05) is 62.4 Å². The van der Waals surface area contributed by atoms with Crippen molar-refractivity contribution in [2.24, 2.45) is 11.8 Å². The van der Waals surface area contributed by atoms with E-state index in [2.05, 4.69) is 50.3 Å². The van der Waals surface area contributed by atoms with Crippen LogP contribution >= 0.6 is 22.6 Å². The molecule has 1 aromatic rings. The average molecular weight is 586 g/mol. The second-order valence-corrected chi connectivity index (χ2v) is 14.5. The van der Waals surface area contributed by atoms with Crippen molar-refractivity contribution >= 4 is 42.8 Å². The highest BCUT2D eigenvalue weighted by Crippen LogP contribution is 2.49. The van der Waals surface area contributed by atoms with Gasteiger partial charge in [-0.15, -0.1) is 0 Å². The Morgan fingerprint density at radius 2 is 1.76 bits per heavy atom. The van der Waals surface area contributed by atoms with E-state index in [9.17, 15) is 9.59 Å². The van der Waals surface area contributed by atoms with E-state index in [1.807, 2.05) is 31.2 Å². The number of carbonyl (C=O) groups excluding carboxylic acids is 2. The van der Waals surface area contributed by atoms with E-state index in [1.54, 1.807) is 12.0 Å². The number of benzene rings is 1. The molecular formula is C25H36INO5Si. The predicted octanol–water partition coefficient (Wildman–Crippen LogP) is 5.31. The molecule has 0 bridgehead atoms. The Balaban J connectivity index is 1.73. The maximum absolute atomic E-state index is 13.3. The lowest BCUT2D eigenvalue weighted by Crippen LogP contribution is -2.65. The molecule has 0 unspecified atom stereocenters. The van der Waals surface area contributed by atoms with Crippen LogP contribution in [0.25, 0.3) is 0 Å². The fraction of sp³-hybridized carbons (Fsp3) is 0.600. The number of halogens is 1. The van der Waals surface area contributed by atoms with Crippen molar-refractivity contribution in [2.75, 3.05) is 11.5 Å². The summed E-state index contributed by atoms with van der Waals surface area (Å²) in [6.07, 6.45) is -0.141. The highest BCUT2D eigenvalue weighted by Gasteiger charge is 2.60. The molecule has 2 aliphatic rings. The van der Waals surface area contributed by atoms with Crippen LogP contribution in [0.5, 0.6) is 5.75 Å². The summed E-state index contributed by atoms with van der Waals surface area (Å²) in [6.45, 7) is 10.9. The molecular weight excluding hydrogens is 549 g/mol. The lowest BCUT2D eigenvalue weighted by molar-refractivity contribution is -0.163. The van der Waals surface area contributed by atoms with Crippen LogP contribution in [-0.4, -0.2) is 48.8 Å². The summed E-state index contributed by atoms with van der Waals surface area (Å²) in [5, 5.41) is 0. The van der Waals surface area contributed by atoms with Gasteiger partial charge >= 0.3 is 5.97 Å². The number of amides is 1. The number of ether oxygens (including phenoxy) is 2. The maximum atomic E-state index is 13.3. The summed E-state index contributed by atoms with van der Waals surface area (Å²) in [5.41, 5.74) is 2.31. The number of hydrogen-bond acceptors (Lipinski definition) is 5. The molecule has 8 heteroatoms. The summed E-state index contributed by atoms with van der Waals surface area (Å²) >= 11 is 2.28. The van der Waals surface area contributed by atoms with Crippen LogP contribution in [0.1, 0.15) is 40.2 Å². The van der Waals surface area contributed by atoms with Crippen molar-refractivity contribution < 1.29 is 23.5 Å². The number of esters is 1. The zero-order chi connectivity index (χ0) is 24.3. The number of fused-ring (bicyclic) bond motifs is 1. The quantitative estimate of drug-likeness (QED) is 0.116. The second-order valence-electron chi connectivity index (χ2n) is 9.01. The van der Waals surface area contributed by atoms with Crippen molar-refractivity contribution in [2.45, 2.75) is 71.5 Å². The third kappa shape index (κ3) is 4.88. The molecule has 1 fully saturated rings. The smallest absolute Gasteiger partial charge is 0.355 e. The number of methoxy groups -OCH3 is 1. The molecule has 4 atom stereocenters. The summed E-state index contributed by atoms with van der Waals surface area (Å²) in [4.78, 5) is 28.1. The fourth-order valence-electron chi connectivity index (χ4n) is 5.20. The van der Waals surface area contributed by atoms with Gasteiger partial charge in [-0.05, 0) is 48.3 Å². The fourth-order valence-corrected chi connectivity index (χ4v) is 9.19. The van der Waals surface area contributed by atoms with E-state index in [0.29, 0.717) is 10.1 Å². The standard InChI is InChI=1S/C25H36INO5Si/c1-7-33(8-2,9-3)32-17(5)21-22-16(4)20(14-26)23(27(22)24(21)28)25(29)31-15-18-10-12-19(30-6)13-11-18/h10-13,16-17,21-22H,7-9,14-15H2,1-6H3/t16-,17+,21+,22+/m0/s1. The van der Waals surface area contributed by atoms with Crippen LogP contribution in [0.4, 0.5) is 0 Å². The number of alkyl halides is 1. The Kier molecular flexibility index (Phi) is 8.66. The average Bonchev–Trinajstić information content (AvgIpc) is 3.09. The van der Waals surface area contributed by atoms with Gasteiger partial charge in [0, 0.05) is 10.3 Å². The number of hydrogen-bond donors (Lipinski definition) is 0. The van der Waals surface area contributed by atoms with Gasteiger partial charge in [0.15, 0.2) is 8.32 Å². The van der Waals surface area contributed by atoms with E-state index in [-0.39, 0.29) is 36.5 Å². The molecule has 1 saturated heterocycles. The first-order chi connectivity index (χ1) is 15.8. The summed E-state index contributed by atoms with van der Waals surface area (Å²) in [6, 6.07) is 10.5. The van der Waals surface area contributed by atoms with Gasteiger partial charge in [0.2, 0.25) is 5.91 Å². The molecule has 6 nitrogen and oxygen atoms in total. The third-order valence-electron chi connectivity index (χ3n) is 7.54. The van der Waals surface area contributed by atoms with Crippen LogP contribution in [0, 0.1) is 11.8 Å². The minimum atomic E-state index is -1.83. The van der Waals surface area contributed by atoms with Gasteiger partial charge in [-0.3, -0.25) is 4.79 Å². The molecule has 0 aromatic heterocycles. The van der Waals surface area contributed by atoms with Crippen LogP contribution in [-0.2, 0) is 25.4 Å². The maximum Gasteiger partial charge on any atom is 0.355 e. The Morgan fingerprint density at radius 3 is 2.27 bits per heavy atom. The Morgan fingerprint density at radius 1 is 1.15 bits per heavy atom. The number of nitrogens with zero attached hydrogens (tertiary/aromatic N) is 1. The monoisotopic (exact) mass is 585 g/mol. The summed E-state index contributed by atoms with van der Waals surface area (Å²) < 4.78 is 18.1. The Hall–Kier alpha value is -1.39. The SMILES string of the molecule is CC[Si](CC)(CC)O[C@H](C)[C@H]1C(=O)N2C(C(=O)OCc3ccc(OC)cc3)=C(CI)[C@H](C)[C@H]12. The molecule has 0 aliphatic carbocycles. The van der Waals surface area contributed by atoms with E-state index in [1.165, 1.54) is 0 Å². The number of β-lactam (4-membered cyclic amide) rings is 1. The highest BCUT2D eigenvalue weighted by molar-refractivity contribution is 14.1. The van der Waals surface area contributed by atoms with Crippen molar-refractivity contribution in [1.29, 1.82) is 0 Å². The minimum Gasteiger partial charge on any atom is -0.497 e. The van der Waals surface area contributed by atoms with Gasteiger partial charge in [-0.25, -0.2) is 4.79 Å². The minimum absolute atomic E-state index is 0.0122. The van der Waals surface area contributed by atoms with Gasteiger partial charge in [-0.2, -0.15) is 0 Å². The van der Waals surface area contributed by atoms with Gasteiger partial charge in [0.25, 0.3) is 0 Å². The first-order valence-corrected chi connectivity index (χ1v) is 15.9. The van der Waals surface area contributed by atoms with E-state index >= 15 is 0 Å². The molecule has 0 spiro atoms. The van der Waals surface area contributed by atoms with E-state index in [4.69, 9.17) is 13.9 Å². The molecule has 182 valence electrons. The van der Waals surface area contributed by atoms with Crippen LogP contribution in [0.2, 0.25) is 18.1 Å². The number of rotatable bonds is 11. The lowest BCUT2D eigenvalue weighted by atomic mass is 9.78. The summed E-state index contributed by atoms with van der Waals surface area (Å²) in [5.74, 6) is 0.220. The molecule has 1 aromatic carbocycles. The van der Waals surface area contributed by atoms with E-state index < -0.39 is 14.3 Å². The molecule has 1 amide bonds. The number of carbonyl (C=O) groups is 2. The van der Waals surface area contributed by atoms with Gasteiger partial charge in [0.1, 0.15) is 18.1 Å². The zero-order valence-electron chi connectivity index (χ0n) is 20.5. The third-order valence-corrected chi connectivity index (χ3v) is 13.1. The van der Waals surface area contributed by atoms with Gasteiger partial charge in [0.05, 0.1) is 25.2 Å². The molecule has 0 N–H and O–H groups in total. The van der Waals surface area contributed by atoms with Crippen molar-refractivity contribution in [3.05, 3.63) is 41.1 Å². The largest absolute Gasteiger partial charge is 0.497 e. The van der Waals surface area contributed by atoms with Crippen molar-refractivity contribution in [3.63, 3.8) is 0 Å². The summed E-state index contributed by atoms with van der Waals surface area (Å²) in [7, 11) is -0.215. The molecule has 0 radical (unpaired) electrons. The molecule has 2 heterocycles. The molecule has 0 saturated carbocycles. The zero-order valence-corrected chi connectivity index (χ0v) is 23.7. The Labute approximate surface area is 212 Å². The van der Waals surface area contributed by atoms with Gasteiger partial charge < -0.3 is 18.8 Å². The predicted molar refractivity (Wildman–Crippen MR) is 140 cm³/mol. The van der Waals surface area contributed by atoms with Crippen LogP contribution < -0.4 is 4.74 Å². The van der Waals surface area contributed by atoms with Crippen LogP contribution in [0.15, 0.2) is 35.5 Å². The van der Waals surface area contributed by atoms with Crippen LogP contribution in [0.3, 0.4) is 0 Å². The van der Waals surface area contributed by atoms with Crippen molar-refractivity contribution in [3.8, 4) is 5.75 Å². The molecule has 2 aliphatic heterocycles. The first kappa shape index (κ1) is 26.2. The first-order valence-electron chi connectivity index (χ1n) is 11.9. The lowest BCUT2D eigenvalue weighted by Gasteiger charge is -2.49. The molecule has 33 heavy (non-hydrogen) atoms. The highest BCUT2D eigenvalue weighted by atomic mass is 127. The second kappa shape index (κ2) is 10.9. The van der Waals surface area contributed by atoms with E-state index in [0.717, 1.165) is 35.0 Å². The Bertz CT molecular complexity index is 890. The normalized spacial score (nSPS) is 23.3. The van der Waals surface area contributed by atoms with Crippen molar-refractivity contribution in [1.82, 2.24) is 4.90 Å².